The number of ether oxygens (including phenoxy) is 1. The molecule has 2 aromatic carbocycles. The molecule has 0 unspecified atom stereocenters. The van der Waals surface area contributed by atoms with Crippen LogP contribution in [-0.2, 0) is 4.79 Å². The van der Waals surface area contributed by atoms with Gasteiger partial charge in [-0.15, -0.1) is 0 Å². The van der Waals surface area contributed by atoms with E-state index in [9.17, 15) is 14.7 Å². The summed E-state index contributed by atoms with van der Waals surface area (Å²) in [4.78, 5) is 23.3. The van der Waals surface area contributed by atoms with Crippen LogP contribution in [0.4, 0.5) is 0 Å². The van der Waals surface area contributed by atoms with Crippen molar-refractivity contribution >= 4 is 18.1 Å². The van der Waals surface area contributed by atoms with Gasteiger partial charge in [-0.3, -0.25) is 4.79 Å². The van der Waals surface area contributed by atoms with E-state index in [-0.39, 0.29) is 12.2 Å². The van der Waals surface area contributed by atoms with Gasteiger partial charge in [0.15, 0.2) is 6.61 Å². The van der Waals surface area contributed by atoms with E-state index in [4.69, 9.17) is 9.15 Å². The molecule has 29 heavy (non-hydrogen) atoms. The Morgan fingerprint density at radius 1 is 1.07 bits per heavy atom. The average Bonchev–Trinajstić information content (AvgIpc) is 3.16. The zero-order valence-electron chi connectivity index (χ0n) is 16.0. The van der Waals surface area contributed by atoms with E-state index < -0.39 is 11.9 Å². The summed E-state index contributed by atoms with van der Waals surface area (Å²) >= 11 is 0. The van der Waals surface area contributed by atoms with Crippen molar-refractivity contribution in [2.24, 2.45) is 5.10 Å². The number of carbonyl (C=O) groups excluding carboxylic acids is 1. The van der Waals surface area contributed by atoms with Crippen molar-refractivity contribution in [3.63, 3.8) is 0 Å². The van der Waals surface area contributed by atoms with Crippen molar-refractivity contribution in [2.75, 3.05) is 6.61 Å². The zero-order chi connectivity index (χ0) is 20.8. The van der Waals surface area contributed by atoms with Crippen LogP contribution in [0.1, 0.15) is 27.2 Å². The normalized spacial score (nSPS) is 10.8. The molecule has 0 bridgehead atoms. The number of carbonyl (C=O) groups is 2. The van der Waals surface area contributed by atoms with Crippen LogP contribution in [0.3, 0.4) is 0 Å². The molecule has 7 heteroatoms. The molecule has 148 valence electrons. The van der Waals surface area contributed by atoms with Crippen LogP contribution in [0.25, 0.3) is 11.3 Å². The summed E-state index contributed by atoms with van der Waals surface area (Å²) in [7, 11) is 0. The Kier molecular flexibility index (Phi) is 6.09. The SMILES string of the molecule is Cc1cccc(C)c1OCC(=O)N/N=C\c1ccc(-c2ccccc2C(=O)O)o1. The molecular formula is C22H20N2O5. The Morgan fingerprint density at radius 2 is 1.79 bits per heavy atom. The number of aromatic carboxylic acids is 1. The second-order valence-electron chi connectivity index (χ2n) is 6.36. The molecule has 3 rings (SSSR count). The van der Waals surface area contributed by atoms with E-state index in [0.717, 1.165) is 11.1 Å². The van der Waals surface area contributed by atoms with E-state index in [1.54, 1.807) is 30.3 Å². The van der Waals surface area contributed by atoms with Gasteiger partial charge in [-0.2, -0.15) is 5.10 Å². The molecule has 0 fully saturated rings. The molecule has 0 spiro atoms. The Labute approximate surface area is 167 Å². The van der Waals surface area contributed by atoms with Gasteiger partial charge in [0.05, 0.1) is 11.8 Å². The van der Waals surface area contributed by atoms with Crippen LogP contribution in [0, 0.1) is 13.8 Å². The predicted molar refractivity (Wildman–Crippen MR) is 108 cm³/mol. The highest BCUT2D eigenvalue weighted by atomic mass is 16.5. The van der Waals surface area contributed by atoms with Crippen LogP contribution in [0.2, 0.25) is 0 Å². The maximum atomic E-state index is 11.9. The molecule has 1 amide bonds. The van der Waals surface area contributed by atoms with Gasteiger partial charge in [0.2, 0.25) is 0 Å². The highest BCUT2D eigenvalue weighted by Gasteiger charge is 2.13. The molecule has 3 aromatic rings. The van der Waals surface area contributed by atoms with Crippen molar-refractivity contribution in [3.05, 3.63) is 77.0 Å². The molecule has 0 aliphatic carbocycles. The smallest absolute Gasteiger partial charge is 0.336 e. The van der Waals surface area contributed by atoms with Gasteiger partial charge in [-0.1, -0.05) is 36.4 Å². The van der Waals surface area contributed by atoms with Gasteiger partial charge in [0.25, 0.3) is 5.91 Å². The van der Waals surface area contributed by atoms with Gasteiger partial charge < -0.3 is 14.3 Å². The Morgan fingerprint density at radius 3 is 2.52 bits per heavy atom. The number of amides is 1. The van der Waals surface area contributed by atoms with E-state index in [2.05, 4.69) is 10.5 Å². The van der Waals surface area contributed by atoms with Crippen molar-refractivity contribution < 1.29 is 23.8 Å². The van der Waals surface area contributed by atoms with Crippen LogP contribution in [0.15, 0.2) is 64.1 Å². The standard InChI is InChI=1S/C22H20N2O5/c1-14-6-5-7-15(2)21(14)28-13-20(25)24-23-12-16-10-11-19(29-16)17-8-3-4-9-18(17)22(26)27/h3-12H,13H2,1-2H3,(H,24,25)(H,26,27)/b23-12-. The molecular weight excluding hydrogens is 372 g/mol. The molecule has 0 radical (unpaired) electrons. The third-order valence-corrected chi connectivity index (χ3v) is 4.19. The largest absolute Gasteiger partial charge is 0.483 e. The fourth-order valence-electron chi connectivity index (χ4n) is 2.82. The Hall–Kier alpha value is -3.87. The van der Waals surface area contributed by atoms with Crippen LogP contribution in [-0.4, -0.2) is 29.8 Å². The fraction of sp³-hybridized carbons (Fsp3) is 0.136. The minimum Gasteiger partial charge on any atom is -0.483 e. The minimum atomic E-state index is -1.04. The van der Waals surface area contributed by atoms with Crippen LogP contribution in [0.5, 0.6) is 5.75 Å². The zero-order valence-corrected chi connectivity index (χ0v) is 16.0. The lowest BCUT2D eigenvalue weighted by molar-refractivity contribution is -0.123. The third kappa shape index (κ3) is 4.90. The number of para-hydroxylation sites is 1. The number of nitrogens with one attached hydrogen (secondary N) is 1. The maximum absolute atomic E-state index is 11.9. The minimum absolute atomic E-state index is 0.141. The number of carboxylic acids is 1. The lowest BCUT2D eigenvalue weighted by atomic mass is 10.1. The van der Waals surface area contributed by atoms with Gasteiger partial charge in [-0.25, -0.2) is 10.2 Å². The molecule has 2 N–H and O–H groups in total. The molecule has 7 nitrogen and oxygen atoms in total. The first kappa shape index (κ1) is 19.9. The highest BCUT2D eigenvalue weighted by Crippen LogP contribution is 2.25. The molecule has 0 aliphatic heterocycles. The number of hydrogen-bond acceptors (Lipinski definition) is 5. The number of carboxylic acid groups (broad SMARTS) is 1. The molecule has 1 aromatic heterocycles. The molecule has 0 saturated carbocycles. The van der Waals surface area contributed by atoms with Crippen LogP contribution < -0.4 is 10.2 Å². The third-order valence-electron chi connectivity index (χ3n) is 4.19. The number of aryl methyl sites for hydroxylation is 2. The second-order valence-corrected chi connectivity index (χ2v) is 6.36. The number of benzene rings is 2. The molecule has 1 heterocycles. The van der Waals surface area contributed by atoms with Gasteiger partial charge >= 0.3 is 5.97 Å². The quantitative estimate of drug-likeness (QED) is 0.471. The van der Waals surface area contributed by atoms with E-state index in [1.807, 2.05) is 32.0 Å². The number of furan rings is 1. The van der Waals surface area contributed by atoms with E-state index >= 15 is 0 Å². The lowest BCUT2D eigenvalue weighted by Gasteiger charge is -2.10. The lowest BCUT2D eigenvalue weighted by Crippen LogP contribution is -2.24. The first-order valence-corrected chi connectivity index (χ1v) is 8.89. The average molecular weight is 392 g/mol. The molecule has 0 aliphatic rings. The maximum Gasteiger partial charge on any atom is 0.336 e. The number of nitrogens with zero attached hydrogens (tertiary/aromatic N) is 1. The van der Waals surface area contributed by atoms with Crippen LogP contribution >= 0.6 is 0 Å². The van der Waals surface area contributed by atoms with Gasteiger partial charge in [-0.05, 0) is 43.2 Å². The number of hydrazone groups is 1. The first-order chi connectivity index (χ1) is 14.0. The van der Waals surface area contributed by atoms with Crippen molar-refractivity contribution in [3.8, 4) is 17.1 Å². The molecule has 0 saturated heterocycles. The number of hydrogen-bond donors (Lipinski definition) is 2. The van der Waals surface area contributed by atoms with Gasteiger partial charge in [0.1, 0.15) is 17.3 Å². The highest BCUT2D eigenvalue weighted by molar-refractivity contribution is 5.95. The summed E-state index contributed by atoms with van der Waals surface area (Å²) in [6.45, 7) is 3.66. The summed E-state index contributed by atoms with van der Waals surface area (Å²) in [5.41, 5.74) is 4.88. The number of rotatable bonds is 7. The van der Waals surface area contributed by atoms with E-state index in [1.165, 1.54) is 12.3 Å². The van der Waals surface area contributed by atoms with Crippen molar-refractivity contribution in [1.82, 2.24) is 5.43 Å². The first-order valence-electron chi connectivity index (χ1n) is 8.89. The second kappa shape index (κ2) is 8.88. The Bertz CT molecular complexity index is 1050. The summed E-state index contributed by atoms with van der Waals surface area (Å²) in [6, 6.07) is 15.6. The summed E-state index contributed by atoms with van der Waals surface area (Å²) < 4.78 is 11.2. The van der Waals surface area contributed by atoms with Crippen molar-refractivity contribution in [1.29, 1.82) is 0 Å². The fourth-order valence-corrected chi connectivity index (χ4v) is 2.82. The predicted octanol–water partition coefficient (Wildman–Crippen LogP) is 3.79. The van der Waals surface area contributed by atoms with Gasteiger partial charge in [0, 0.05) is 5.56 Å². The van der Waals surface area contributed by atoms with E-state index in [0.29, 0.717) is 22.8 Å². The summed E-state index contributed by atoms with van der Waals surface area (Å²) in [6.07, 6.45) is 1.34. The summed E-state index contributed by atoms with van der Waals surface area (Å²) in [5.74, 6) is -0.0000244. The monoisotopic (exact) mass is 392 g/mol. The molecule has 0 atom stereocenters. The topological polar surface area (TPSA) is 101 Å². The Balaban J connectivity index is 1.59. The van der Waals surface area contributed by atoms with Crippen molar-refractivity contribution in [2.45, 2.75) is 13.8 Å². The summed E-state index contributed by atoms with van der Waals surface area (Å²) in [5, 5.41) is 13.1.